The molecule has 7 heteroatoms. The quantitative estimate of drug-likeness (QED) is 0.614. The Balaban J connectivity index is 1.43. The molecule has 4 rings (SSSR count). The van der Waals surface area contributed by atoms with Gasteiger partial charge in [0.2, 0.25) is 0 Å². The van der Waals surface area contributed by atoms with Gasteiger partial charge in [-0.3, -0.25) is 10.1 Å². The van der Waals surface area contributed by atoms with Crippen molar-refractivity contribution in [2.75, 3.05) is 5.32 Å². The molecular formula is C20H15BrN2O3S. The molecule has 0 saturated carbocycles. The molecule has 1 atom stereocenters. The molecule has 1 aliphatic heterocycles. The zero-order valence-corrected chi connectivity index (χ0v) is 16.5. The fourth-order valence-electron chi connectivity index (χ4n) is 2.94. The van der Waals surface area contributed by atoms with E-state index >= 15 is 0 Å². The molecule has 1 aromatic heterocycles. The maximum Gasteiger partial charge on any atom is 0.339 e. The molecule has 1 aliphatic rings. The first-order valence-electron chi connectivity index (χ1n) is 8.37. The highest BCUT2D eigenvalue weighted by Gasteiger charge is 2.31. The van der Waals surface area contributed by atoms with Crippen LogP contribution in [0.5, 0.6) is 0 Å². The Bertz CT molecular complexity index is 1000. The van der Waals surface area contributed by atoms with Crippen LogP contribution in [0.25, 0.3) is 0 Å². The van der Waals surface area contributed by atoms with E-state index in [0.717, 1.165) is 21.3 Å². The first kappa shape index (κ1) is 17.9. The highest BCUT2D eigenvalue weighted by Crippen LogP contribution is 2.26. The first-order valence-corrected chi connectivity index (χ1v) is 9.98. The third-order valence-electron chi connectivity index (χ3n) is 4.24. The van der Waals surface area contributed by atoms with Gasteiger partial charge < -0.3 is 4.74 Å². The standard InChI is InChI=1S/C20H15BrN2O3S/c21-14-6-7-16-13(9-14)10-17(26-19(16)25)18(24)23-20-22-11-15(27-20)8-12-4-2-1-3-5-12/h1-7,9,11,17H,8,10H2,(H,22,23,24). The van der Waals surface area contributed by atoms with Gasteiger partial charge in [-0.1, -0.05) is 46.3 Å². The maximum absolute atomic E-state index is 12.5. The second-order valence-corrected chi connectivity index (χ2v) is 8.21. The summed E-state index contributed by atoms with van der Waals surface area (Å²) in [6, 6.07) is 15.4. The molecule has 27 heavy (non-hydrogen) atoms. The number of aromatic nitrogens is 1. The van der Waals surface area contributed by atoms with Crippen LogP contribution >= 0.6 is 27.3 Å². The summed E-state index contributed by atoms with van der Waals surface area (Å²) in [5.74, 6) is -0.845. The number of esters is 1. The summed E-state index contributed by atoms with van der Waals surface area (Å²) < 4.78 is 6.16. The number of carbonyl (C=O) groups excluding carboxylic acids is 2. The highest BCUT2D eigenvalue weighted by molar-refractivity contribution is 9.10. The van der Waals surface area contributed by atoms with E-state index in [0.29, 0.717) is 17.1 Å². The normalized spacial score (nSPS) is 15.7. The molecule has 0 radical (unpaired) electrons. The van der Waals surface area contributed by atoms with Gasteiger partial charge in [0.15, 0.2) is 11.2 Å². The summed E-state index contributed by atoms with van der Waals surface area (Å²) in [6.45, 7) is 0. The Kier molecular flexibility index (Phi) is 5.05. The molecule has 0 bridgehead atoms. The molecule has 2 aromatic carbocycles. The molecule has 0 fully saturated rings. The van der Waals surface area contributed by atoms with Crippen LogP contribution in [0.2, 0.25) is 0 Å². The van der Waals surface area contributed by atoms with Crippen molar-refractivity contribution in [2.45, 2.75) is 18.9 Å². The number of fused-ring (bicyclic) bond motifs is 1. The lowest BCUT2D eigenvalue weighted by Gasteiger charge is -2.23. The molecule has 0 saturated heterocycles. The number of nitrogens with one attached hydrogen (secondary N) is 1. The van der Waals surface area contributed by atoms with E-state index in [1.54, 1.807) is 18.3 Å². The van der Waals surface area contributed by atoms with Gasteiger partial charge in [0, 0.05) is 28.4 Å². The van der Waals surface area contributed by atoms with Crippen molar-refractivity contribution in [1.82, 2.24) is 4.98 Å². The van der Waals surface area contributed by atoms with Gasteiger partial charge in [0.1, 0.15) is 0 Å². The minimum absolute atomic E-state index is 0.342. The Morgan fingerprint density at radius 1 is 1.26 bits per heavy atom. The molecule has 2 heterocycles. The van der Waals surface area contributed by atoms with Crippen LogP contribution in [0.4, 0.5) is 5.13 Å². The van der Waals surface area contributed by atoms with E-state index in [2.05, 4.69) is 38.4 Å². The molecule has 1 amide bonds. The lowest BCUT2D eigenvalue weighted by Crippen LogP contribution is -2.37. The Hall–Kier alpha value is -2.51. The summed E-state index contributed by atoms with van der Waals surface area (Å²) in [5.41, 5.74) is 2.48. The topological polar surface area (TPSA) is 68.3 Å². The minimum atomic E-state index is -0.860. The number of halogens is 1. The van der Waals surface area contributed by atoms with Crippen LogP contribution in [0, 0.1) is 0 Å². The van der Waals surface area contributed by atoms with Gasteiger partial charge >= 0.3 is 5.97 Å². The molecule has 0 spiro atoms. The number of nitrogens with zero attached hydrogens (tertiary/aromatic N) is 1. The van der Waals surface area contributed by atoms with Gasteiger partial charge in [0.25, 0.3) is 5.91 Å². The van der Waals surface area contributed by atoms with Gasteiger partial charge in [-0.25, -0.2) is 9.78 Å². The number of benzene rings is 2. The van der Waals surface area contributed by atoms with Crippen LogP contribution in [0.15, 0.2) is 59.2 Å². The summed E-state index contributed by atoms with van der Waals surface area (Å²) in [4.78, 5) is 30.0. The van der Waals surface area contributed by atoms with E-state index in [4.69, 9.17) is 4.74 Å². The van der Waals surface area contributed by atoms with Crippen molar-refractivity contribution < 1.29 is 14.3 Å². The molecule has 1 N–H and O–H groups in total. The number of carbonyl (C=O) groups is 2. The summed E-state index contributed by atoms with van der Waals surface area (Å²) in [5, 5.41) is 3.27. The number of thiazole rings is 1. The van der Waals surface area contributed by atoms with E-state index < -0.39 is 12.1 Å². The van der Waals surface area contributed by atoms with Gasteiger partial charge in [-0.05, 0) is 29.3 Å². The monoisotopic (exact) mass is 442 g/mol. The van der Waals surface area contributed by atoms with Crippen LogP contribution < -0.4 is 5.32 Å². The Morgan fingerprint density at radius 3 is 2.89 bits per heavy atom. The number of hydrogen-bond donors (Lipinski definition) is 1. The number of rotatable bonds is 4. The van der Waals surface area contributed by atoms with Gasteiger partial charge in [-0.15, -0.1) is 11.3 Å². The number of cyclic esters (lactones) is 1. The lowest BCUT2D eigenvalue weighted by molar-refractivity contribution is -0.125. The molecule has 5 nitrogen and oxygen atoms in total. The average molecular weight is 443 g/mol. The third kappa shape index (κ3) is 4.09. The lowest BCUT2D eigenvalue weighted by atomic mass is 9.98. The zero-order chi connectivity index (χ0) is 18.8. The summed E-state index contributed by atoms with van der Waals surface area (Å²) >= 11 is 4.81. The van der Waals surface area contributed by atoms with Crippen molar-refractivity contribution in [3.63, 3.8) is 0 Å². The van der Waals surface area contributed by atoms with Crippen molar-refractivity contribution in [1.29, 1.82) is 0 Å². The third-order valence-corrected chi connectivity index (χ3v) is 5.65. The number of anilines is 1. The van der Waals surface area contributed by atoms with Gasteiger partial charge in [0.05, 0.1) is 5.56 Å². The van der Waals surface area contributed by atoms with E-state index in [-0.39, 0.29) is 5.91 Å². The van der Waals surface area contributed by atoms with Crippen molar-refractivity contribution in [3.8, 4) is 0 Å². The predicted molar refractivity (Wildman–Crippen MR) is 107 cm³/mol. The molecule has 0 aliphatic carbocycles. The van der Waals surface area contributed by atoms with Crippen LogP contribution in [0.1, 0.15) is 26.4 Å². The highest BCUT2D eigenvalue weighted by atomic mass is 79.9. The minimum Gasteiger partial charge on any atom is -0.448 e. The number of hydrogen-bond acceptors (Lipinski definition) is 5. The van der Waals surface area contributed by atoms with E-state index in [9.17, 15) is 9.59 Å². The van der Waals surface area contributed by atoms with Crippen LogP contribution in [-0.2, 0) is 22.4 Å². The first-order chi connectivity index (χ1) is 13.1. The summed E-state index contributed by atoms with van der Waals surface area (Å²) in [6.07, 6.45) is 2.00. The molecular weight excluding hydrogens is 428 g/mol. The molecule has 3 aromatic rings. The fourth-order valence-corrected chi connectivity index (χ4v) is 4.20. The molecule has 1 unspecified atom stereocenters. The van der Waals surface area contributed by atoms with Crippen molar-refractivity contribution in [3.05, 3.63) is 80.8 Å². The Morgan fingerprint density at radius 2 is 2.07 bits per heavy atom. The summed E-state index contributed by atoms with van der Waals surface area (Å²) in [7, 11) is 0. The average Bonchev–Trinajstić information content (AvgIpc) is 3.08. The largest absolute Gasteiger partial charge is 0.448 e. The van der Waals surface area contributed by atoms with Gasteiger partial charge in [-0.2, -0.15) is 0 Å². The zero-order valence-electron chi connectivity index (χ0n) is 14.1. The number of amides is 1. The Labute approximate surface area is 168 Å². The van der Waals surface area contributed by atoms with E-state index in [1.807, 2.05) is 24.3 Å². The number of ether oxygens (including phenoxy) is 1. The predicted octanol–water partition coefficient (Wildman–Crippen LogP) is 4.22. The maximum atomic E-state index is 12.5. The second-order valence-electron chi connectivity index (χ2n) is 6.18. The van der Waals surface area contributed by atoms with Crippen molar-refractivity contribution in [2.24, 2.45) is 0 Å². The SMILES string of the molecule is O=C1OC(C(=O)Nc2ncc(Cc3ccccc3)s2)Cc2cc(Br)ccc21. The van der Waals surface area contributed by atoms with Crippen LogP contribution in [-0.4, -0.2) is 23.0 Å². The van der Waals surface area contributed by atoms with Crippen LogP contribution in [0.3, 0.4) is 0 Å². The van der Waals surface area contributed by atoms with E-state index in [1.165, 1.54) is 16.9 Å². The fraction of sp³-hybridized carbons (Fsp3) is 0.150. The second kappa shape index (κ2) is 7.62. The molecule has 136 valence electrons. The smallest absolute Gasteiger partial charge is 0.339 e. The van der Waals surface area contributed by atoms with Crippen molar-refractivity contribution >= 4 is 44.3 Å².